The van der Waals surface area contributed by atoms with E-state index in [9.17, 15) is 10.2 Å². The van der Waals surface area contributed by atoms with Crippen LogP contribution in [0.5, 0.6) is 0 Å². The van der Waals surface area contributed by atoms with Gasteiger partial charge in [0.2, 0.25) is 0 Å². The molecular weight excluding hydrogens is 170 g/mol. The third kappa shape index (κ3) is 2.40. The van der Waals surface area contributed by atoms with Crippen molar-refractivity contribution in [3.63, 3.8) is 0 Å². The quantitative estimate of drug-likeness (QED) is 0.463. The summed E-state index contributed by atoms with van der Waals surface area (Å²) in [4.78, 5) is 0. The van der Waals surface area contributed by atoms with Gasteiger partial charge in [-0.1, -0.05) is 13.8 Å². The molecule has 1 rings (SSSR count). The normalized spacial score (nSPS) is 40.2. The lowest BCUT2D eigenvalue weighted by Gasteiger charge is -2.17. The van der Waals surface area contributed by atoms with Crippen LogP contribution in [-0.2, 0) is 0 Å². The first-order valence-corrected chi connectivity index (χ1v) is 4.79. The summed E-state index contributed by atoms with van der Waals surface area (Å²) in [6.07, 6.45) is -0.775. The minimum absolute atomic E-state index is 0.0906. The minimum Gasteiger partial charge on any atom is -0.395 e. The van der Waals surface area contributed by atoms with Gasteiger partial charge in [0.25, 0.3) is 0 Å². The Balaban J connectivity index is 2.50. The lowest BCUT2D eigenvalue weighted by atomic mass is 9.99. The fourth-order valence-corrected chi connectivity index (χ4v) is 1.82. The van der Waals surface area contributed by atoms with Crippen molar-refractivity contribution in [3.8, 4) is 0 Å². The van der Waals surface area contributed by atoms with Gasteiger partial charge in [-0.25, -0.2) is 0 Å². The fourth-order valence-electron chi connectivity index (χ4n) is 1.82. The van der Waals surface area contributed by atoms with Gasteiger partial charge in [0.1, 0.15) is 0 Å². The molecule has 1 aliphatic heterocycles. The molecule has 0 unspecified atom stereocenters. The van der Waals surface area contributed by atoms with E-state index < -0.39 is 12.2 Å². The maximum Gasteiger partial charge on any atom is 0.0989 e. The van der Waals surface area contributed by atoms with Crippen molar-refractivity contribution in [3.05, 3.63) is 0 Å². The summed E-state index contributed by atoms with van der Waals surface area (Å²) in [5.74, 6) is 0.469. The zero-order chi connectivity index (χ0) is 10.0. The van der Waals surface area contributed by atoms with Crippen LogP contribution < -0.4 is 5.32 Å². The Morgan fingerprint density at radius 3 is 2.08 bits per heavy atom. The van der Waals surface area contributed by atoms with Crippen molar-refractivity contribution in [2.45, 2.75) is 44.6 Å². The molecule has 4 atom stereocenters. The highest BCUT2D eigenvalue weighted by molar-refractivity contribution is 4.97. The van der Waals surface area contributed by atoms with E-state index in [-0.39, 0.29) is 18.7 Å². The van der Waals surface area contributed by atoms with Crippen molar-refractivity contribution in [1.29, 1.82) is 0 Å². The summed E-state index contributed by atoms with van der Waals surface area (Å²) in [5, 5.41) is 30.9. The Morgan fingerprint density at radius 2 is 1.69 bits per heavy atom. The summed E-state index contributed by atoms with van der Waals surface area (Å²) >= 11 is 0. The first-order valence-electron chi connectivity index (χ1n) is 4.79. The summed E-state index contributed by atoms with van der Waals surface area (Å²) in [5.41, 5.74) is 0. The van der Waals surface area contributed by atoms with Gasteiger partial charge in [0, 0.05) is 6.04 Å². The van der Waals surface area contributed by atoms with E-state index in [1.54, 1.807) is 0 Å². The van der Waals surface area contributed by atoms with Crippen molar-refractivity contribution in [2.24, 2.45) is 5.92 Å². The second-order valence-electron chi connectivity index (χ2n) is 4.17. The molecule has 4 nitrogen and oxygen atoms in total. The van der Waals surface area contributed by atoms with Crippen LogP contribution in [0, 0.1) is 5.92 Å². The highest BCUT2D eigenvalue weighted by Crippen LogP contribution is 2.19. The third-order valence-electron chi connectivity index (χ3n) is 2.52. The molecule has 78 valence electrons. The molecule has 0 radical (unpaired) electrons. The van der Waals surface area contributed by atoms with Gasteiger partial charge in [-0.15, -0.1) is 0 Å². The first-order chi connectivity index (χ1) is 6.06. The molecule has 0 bridgehead atoms. The monoisotopic (exact) mass is 189 g/mol. The van der Waals surface area contributed by atoms with Gasteiger partial charge >= 0.3 is 0 Å². The third-order valence-corrected chi connectivity index (χ3v) is 2.52. The predicted octanol–water partition coefficient (Wildman–Crippen LogP) is -0.913. The molecule has 0 aromatic rings. The summed E-state index contributed by atoms with van der Waals surface area (Å²) in [7, 11) is 0. The number of nitrogens with one attached hydrogen (secondary N) is 1. The molecule has 1 fully saturated rings. The van der Waals surface area contributed by atoms with Gasteiger partial charge in [0.05, 0.1) is 24.9 Å². The van der Waals surface area contributed by atoms with Crippen molar-refractivity contribution in [1.82, 2.24) is 5.32 Å². The Hall–Kier alpha value is -0.160. The molecule has 0 spiro atoms. The Labute approximate surface area is 78.6 Å². The van der Waals surface area contributed by atoms with Crippen LogP contribution in [0.4, 0.5) is 0 Å². The molecule has 1 heterocycles. The number of aliphatic hydroxyl groups excluding tert-OH is 3. The highest BCUT2D eigenvalue weighted by Gasteiger charge is 2.40. The predicted molar refractivity (Wildman–Crippen MR) is 49.3 cm³/mol. The number of hydrogen-bond acceptors (Lipinski definition) is 4. The topological polar surface area (TPSA) is 72.7 Å². The van der Waals surface area contributed by atoms with Crippen molar-refractivity contribution < 1.29 is 15.3 Å². The molecular formula is C9H19NO3. The summed E-state index contributed by atoms with van der Waals surface area (Å²) in [6, 6.07) is -0.467. The standard InChI is InChI=1S/C9H19NO3/c1-5(2)3-6-8(12)9(13)7(4-11)10-6/h5-13H,3-4H2,1-2H3/t6-,7-,8-,9-/m0/s1. The van der Waals surface area contributed by atoms with E-state index in [0.29, 0.717) is 5.92 Å². The largest absolute Gasteiger partial charge is 0.395 e. The maximum atomic E-state index is 9.58. The van der Waals surface area contributed by atoms with Gasteiger partial charge in [-0.2, -0.15) is 0 Å². The van der Waals surface area contributed by atoms with E-state index in [1.165, 1.54) is 0 Å². The second-order valence-corrected chi connectivity index (χ2v) is 4.17. The Bertz CT molecular complexity index is 163. The lowest BCUT2D eigenvalue weighted by molar-refractivity contribution is 0.0176. The molecule has 4 heteroatoms. The van der Waals surface area contributed by atoms with Crippen LogP contribution in [-0.4, -0.2) is 46.2 Å². The van der Waals surface area contributed by atoms with Crippen molar-refractivity contribution >= 4 is 0 Å². The van der Waals surface area contributed by atoms with Crippen LogP contribution >= 0.6 is 0 Å². The fraction of sp³-hybridized carbons (Fsp3) is 1.00. The van der Waals surface area contributed by atoms with E-state index in [4.69, 9.17) is 5.11 Å². The van der Waals surface area contributed by atoms with Crippen LogP contribution in [0.1, 0.15) is 20.3 Å². The van der Waals surface area contributed by atoms with Crippen LogP contribution in [0.3, 0.4) is 0 Å². The van der Waals surface area contributed by atoms with Crippen LogP contribution in [0.25, 0.3) is 0 Å². The number of aliphatic hydroxyl groups is 3. The molecule has 0 aliphatic carbocycles. The van der Waals surface area contributed by atoms with Gasteiger partial charge in [-0.3, -0.25) is 0 Å². The molecule has 1 aliphatic rings. The van der Waals surface area contributed by atoms with Crippen LogP contribution in [0.15, 0.2) is 0 Å². The molecule has 13 heavy (non-hydrogen) atoms. The summed E-state index contributed by atoms with van der Waals surface area (Å²) in [6.45, 7) is 3.99. The number of rotatable bonds is 3. The zero-order valence-electron chi connectivity index (χ0n) is 8.14. The van der Waals surface area contributed by atoms with E-state index in [2.05, 4.69) is 19.2 Å². The van der Waals surface area contributed by atoms with Gasteiger partial charge in [0.15, 0.2) is 0 Å². The molecule has 0 saturated carbocycles. The van der Waals surface area contributed by atoms with E-state index >= 15 is 0 Å². The van der Waals surface area contributed by atoms with Crippen molar-refractivity contribution in [2.75, 3.05) is 6.61 Å². The molecule has 4 N–H and O–H groups in total. The molecule has 0 amide bonds. The van der Waals surface area contributed by atoms with E-state index in [0.717, 1.165) is 6.42 Å². The smallest absolute Gasteiger partial charge is 0.0989 e. The zero-order valence-corrected chi connectivity index (χ0v) is 8.14. The maximum absolute atomic E-state index is 9.58. The molecule has 0 aromatic heterocycles. The van der Waals surface area contributed by atoms with Crippen LogP contribution in [0.2, 0.25) is 0 Å². The molecule has 1 saturated heterocycles. The van der Waals surface area contributed by atoms with Gasteiger partial charge < -0.3 is 20.6 Å². The lowest BCUT2D eigenvalue weighted by Crippen LogP contribution is -2.36. The minimum atomic E-state index is -0.839. The molecule has 0 aromatic carbocycles. The average molecular weight is 189 g/mol. The van der Waals surface area contributed by atoms with Gasteiger partial charge in [-0.05, 0) is 12.3 Å². The summed E-state index contributed by atoms with van der Waals surface area (Å²) < 4.78 is 0. The Kier molecular flexibility index (Phi) is 3.67. The first kappa shape index (κ1) is 10.9. The highest BCUT2D eigenvalue weighted by atomic mass is 16.3. The Morgan fingerprint density at radius 1 is 1.15 bits per heavy atom. The average Bonchev–Trinajstić information content (AvgIpc) is 2.32. The second kappa shape index (κ2) is 4.37. The van der Waals surface area contributed by atoms with E-state index in [1.807, 2.05) is 0 Å². The number of hydrogen-bond donors (Lipinski definition) is 4. The SMILES string of the molecule is CC(C)C[C@@H]1N[C@@H](CO)[C@H](O)[C@H]1O.